The highest BCUT2D eigenvalue weighted by Gasteiger charge is 2.33. The SMILES string of the molecule is Cn1cc(-c2ccc(CN(c3ncnc(NCC4CCN(CC(N)=O)CC4C#N)c3F)C3CC3)cc2)cn1. The van der Waals surface area contributed by atoms with Crippen LogP contribution in [0.4, 0.5) is 16.0 Å². The molecule has 0 spiro atoms. The second kappa shape index (κ2) is 11.1. The van der Waals surface area contributed by atoms with Gasteiger partial charge in [-0.1, -0.05) is 24.3 Å². The van der Waals surface area contributed by atoms with Gasteiger partial charge in [-0.05, 0) is 42.9 Å². The lowest BCUT2D eigenvalue weighted by Crippen LogP contribution is -2.45. The summed E-state index contributed by atoms with van der Waals surface area (Å²) in [7, 11) is 1.89. The van der Waals surface area contributed by atoms with Crippen molar-refractivity contribution in [2.24, 2.45) is 24.6 Å². The first-order valence-corrected chi connectivity index (χ1v) is 12.9. The molecule has 1 aliphatic heterocycles. The van der Waals surface area contributed by atoms with Crippen LogP contribution in [0.3, 0.4) is 0 Å². The second-order valence-electron chi connectivity index (χ2n) is 10.2. The van der Waals surface area contributed by atoms with Crippen molar-refractivity contribution < 1.29 is 9.18 Å². The summed E-state index contributed by atoms with van der Waals surface area (Å²) in [5, 5.41) is 17.0. The number of anilines is 2. The van der Waals surface area contributed by atoms with E-state index in [0.29, 0.717) is 32.6 Å². The van der Waals surface area contributed by atoms with Gasteiger partial charge in [0.05, 0.1) is 24.7 Å². The third-order valence-electron chi connectivity index (χ3n) is 7.29. The zero-order valence-corrected chi connectivity index (χ0v) is 21.4. The average Bonchev–Trinajstić information content (AvgIpc) is 3.66. The fourth-order valence-corrected chi connectivity index (χ4v) is 5.07. The molecule has 3 heterocycles. The summed E-state index contributed by atoms with van der Waals surface area (Å²) in [6.45, 7) is 2.24. The first-order valence-electron chi connectivity index (χ1n) is 12.9. The Labute approximate surface area is 221 Å². The number of carbonyl (C=O) groups is 1. The predicted molar refractivity (Wildman–Crippen MR) is 141 cm³/mol. The minimum atomic E-state index is -0.481. The number of likely N-dealkylation sites (tertiary alicyclic amines) is 1. The molecule has 198 valence electrons. The number of rotatable bonds is 10. The molecule has 5 rings (SSSR count). The molecule has 1 aliphatic carbocycles. The molecule has 1 aromatic carbocycles. The summed E-state index contributed by atoms with van der Waals surface area (Å²) in [6, 6.07) is 10.8. The van der Waals surface area contributed by atoms with E-state index in [1.807, 2.05) is 29.2 Å². The van der Waals surface area contributed by atoms with Crippen LogP contribution in [0.25, 0.3) is 11.1 Å². The van der Waals surface area contributed by atoms with Gasteiger partial charge in [-0.2, -0.15) is 14.8 Å². The van der Waals surface area contributed by atoms with E-state index in [1.165, 1.54) is 6.33 Å². The van der Waals surface area contributed by atoms with E-state index in [2.05, 4.69) is 50.7 Å². The highest BCUT2D eigenvalue weighted by molar-refractivity contribution is 5.75. The zero-order chi connectivity index (χ0) is 26.6. The molecule has 1 saturated carbocycles. The summed E-state index contributed by atoms with van der Waals surface area (Å²) in [4.78, 5) is 23.6. The summed E-state index contributed by atoms with van der Waals surface area (Å²) in [5.41, 5.74) is 8.50. The Balaban J connectivity index is 1.26. The van der Waals surface area contributed by atoms with Gasteiger partial charge in [0.1, 0.15) is 6.33 Å². The summed E-state index contributed by atoms with van der Waals surface area (Å²) < 4.78 is 17.4. The van der Waals surface area contributed by atoms with Crippen molar-refractivity contribution in [3.8, 4) is 17.2 Å². The number of amides is 1. The highest BCUT2D eigenvalue weighted by Crippen LogP contribution is 2.35. The van der Waals surface area contributed by atoms with Crippen molar-refractivity contribution in [3.63, 3.8) is 0 Å². The van der Waals surface area contributed by atoms with E-state index in [0.717, 1.165) is 29.5 Å². The third-order valence-corrected chi connectivity index (χ3v) is 7.29. The molecule has 2 aliphatic rings. The molecule has 1 amide bonds. The van der Waals surface area contributed by atoms with E-state index in [-0.39, 0.29) is 36.1 Å². The van der Waals surface area contributed by atoms with Crippen LogP contribution in [-0.2, 0) is 18.4 Å². The number of hydrogen-bond donors (Lipinski definition) is 2. The molecule has 2 aromatic heterocycles. The fourth-order valence-electron chi connectivity index (χ4n) is 5.07. The van der Waals surface area contributed by atoms with E-state index >= 15 is 4.39 Å². The molecule has 3 aromatic rings. The Hall–Kier alpha value is -4.04. The molecule has 10 nitrogen and oxygen atoms in total. The molecule has 1 saturated heterocycles. The smallest absolute Gasteiger partial charge is 0.231 e. The van der Waals surface area contributed by atoms with E-state index < -0.39 is 11.7 Å². The molecule has 2 atom stereocenters. The number of nitrogens with two attached hydrogens (primary N) is 1. The van der Waals surface area contributed by atoms with Crippen LogP contribution in [0.5, 0.6) is 0 Å². The third kappa shape index (κ3) is 5.92. The van der Waals surface area contributed by atoms with Crippen molar-refractivity contribution in [1.29, 1.82) is 5.26 Å². The van der Waals surface area contributed by atoms with Gasteiger partial charge in [-0.3, -0.25) is 14.4 Å². The summed E-state index contributed by atoms with van der Waals surface area (Å²) in [5.74, 6) is -0.722. The number of piperidine rings is 1. The van der Waals surface area contributed by atoms with Gasteiger partial charge in [0.2, 0.25) is 11.7 Å². The lowest BCUT2D eigenvalue weighted by atomic mass is 9.86. The lowest BCUT2D eigenvalue weighted by molar-refractivity contribution is -0.119. The molecule has 2 unspecified atom stereocenters. The van der Waals surface area contributed by atoms with Crippen molar-refractivity contribution in [1.82, 2.24) is 24.6 Å². The van der Waals surface area contributed by atoms with Crippen molar-refractivity contribution in [2.75, 3.05) is 36.4 Å². The summed E-state index contributed by atoms with van der Waals surface area (Å²) in [6.07, 6.45) is 7.89. The van der Waals surface area contributed by atoms with Crippen LogP contribution < -0.4 is 16.0 Å². The number of hydrogen-bond acceptors (Lipinski definition) is 8. The number of benzene rings is 1. The van der Waals surface area contributed by atoms with E-state index in [9.17, 15) is 10.1 Å². The van der Waals surface area contributed by atoms with E-state index in [4.69, 9.17) is 5.73 Å². The molecule has 3 N–H and O–H groups in total. The predicted octanol–water partition coefficient (Wildman–Crippen LogP) is 2.54. The van der Waals surface area contributed by atoms with Crippen molar-refractivity contribution in [2.45, 2.75) is 31.8 Å². The van der Waals surface area contributed by atoms with Crippen molar-refractivity contribution in [3.05, 3.63) is 54.4 Å². The lowest BCUT2D eigenvalue weighted by Gasteiger charge is -2.34. The van der Waals surface area contributed by atoms with E-state index in [1.54, 1.807) is 4.68 Å². The molecule has 2 fully saturated rings. The van der Waals surface area contributed by atoms with Gasteiger partial charge in [0, 0.05) is 44.5 Å². The molecule has 11 heteroatoms. The highest BCUT2D eigenvalue weighted by atomic mass is 19.1. The van der Waals surface area contributed by atoms with Gasteiger partial charge in [-0.15, -0.1) is 0 Å². The minimum absolute atomic E-state index is 0.0137. The monoisotopic (exact) mass is 517 g/mol. The quantitative estimate of drug-likeness (QED) is 0.420. The number of carbonyl (C=O) groups excluding carboxylic acids is 1. The molecule has 0 radical (unpaired) electrons. The van der Waals surface area contributed by atoms with Gasteiger partial charge in [0.25, 0.3) is 0 Å². The Morgan fingerprint density at radius 2 is 2.03 bits per heavy atom. The first kappa shape index (κ1) is 25.6. The Morgan fingerprint density at radius 1 is 1.24 bits per heavy atom. The topological polar surface area (TPSA) is 129 Å². The van der Waals surface area contributed by atoms with Crippen LogP contribution in [0.2, 0.25) is 0 Å². The van der Waals surface area contributed by atoms with Gasteiger partial charge < -0.3 is 16.0 Å². The zero-order valence-electron chi connectivity index (χ0n) is 21.4. The summed E-state index contributed by atoms with van der Waals surface area (Å²) >= 11 is 0. The number of nitrogens with one attached hydrogen (secondary N) is 1. The fraction of sp³-hybridized carbons (Fsp3) is 0.444. The number of primary amides is 1. The maximum atomic E-state index is 15.7. The van der Waals surface area contributed by atoms with Crippen LogP contribution in [-0.4, -0.2) is 62.8 Å². The Bertz CT molecular complexity index is 1310. The number of aryl methyl sites for hydroxylation is 1. The van der Waals surface area contributed by atoms with Gasteiger partial charge in [0.15, 0.2) is 11.6 Å². The number of nitriles is 1. The standard InChI is InChI=1S/C27H32FN9O/c1-35-14-22(12-34-35)19-4-2-18(3-5-19)13-37(23-6-7-23)27-25(28)26(32-17-33-27)31-11-20-8-9-36(16-24(30)38)15-21(20)10-29/h2-5,12,14,17,20-21,23H,6-9,11,13,15-16H2,1H3,(H2,30,38)(H,31,32,33). The van der Waals surface area contributed by atoms with Gasteiger partial charge >= 0.3 is 0 Å². The molecule has 38 heavy (non-hydrogen) atoms. The number of aromatic nitrogens is 4. The average molecular weight is 518 g/mol. The Morgan fingerprint density at radius 3 is 2.68 bits per heavy atom. The molecular weight excluding hydrogens is 485 g/mol. The van der Waals surface area contributed by atoms with Crippen LogP contribution in [0.1, 0.15) is 24.8 Å². The van der Waals surface area contributed by atoms with Crippen LogP contribution >= 0.6 is 0 Å². The number of halogens is 1. The van der Waals surface area contributed by atoms with Crippen molar-refractivity contribution >= 4 is 17.5 Å². The van der Waals surface area contributed by atoms with Crippen LogP contribution in [0, 0.1) is 29.0 Å². The van der Waals surface area contributed by atoms with Crippen LogP contribution in [0.15, 0.2) is 43.0 Å². The number of nitrogens with zero attached hydrogens (tertiary/aromatic N) is 7. The first-order chi connectivity index (χ1) is 18.4. The van der Waals surface area contributed by atoms with Gasteiger partial charge in [-0.25, -0.2) is 9.97 Å². The second-order valence-corrected chi connectivity index (χ2v) is 10.2. The largest absolute Gasteiger partial charge is 0.369 e. The minimum Gasteiger partial charge on any atom is -0.369 e. The molecular formula is C27H32FN9O. The Kier molecular flexibility index (Phi) is 7.51. The maximum Gasteiger partial charge on any atom is 0.231 e. The molecule has 0 bridgehead atoms. The normalized spacial score (nSPS) is 19.6. The maximum absolute atomic E-state index is 15.7.